The van der Waals surface area contributed by atoms with Gasteiger partial charge in [-0.05, 0) is 71.8 Å². The molecule has 0 amide bonds. The van der Waals surface area contributed by atoms with Gasteiger partial charge in [0.05, 0.1) is 44.8 Å². The smallest absolute Gasteiger partial charge is 0.162 e. The molecule has 8 aromatic carbocycles. The normalized spacial score (nSPS) is 11.7. The molecule has 59 heavy (non-hydrogen) atoms. The van der Waals surface area contributed by atoms with Crippen molar-refractivity contribution in [3.63, 3.8) is 0 Å². The fraction of sp³-hybridized carbons (Fsp3) is 0. The van der Waals surface area contributed by atoms with Crippen LogP contribution in [0, 0.1) is 11.3 Å². The molecule has 12 rings (SSSR count). The monoisotopic (exact) mass is 753 g/mol. The molecule has 6 nitrogen and oxygen atoms in total. The zero-order valence-electron chi connectivity index (χ0n) is 31.5. The van der Waals surface area contributed by atoms with Crippen LogP contribution in [0.15, 0.2) is 192 Å². The summed E-state index contributed by atoms with van der Waals surface area (Å²) in [5, 5.41) is 16.2. The molecule has 0 aliphatic carbocycles. The predicted octanol–water partition coefficient (Wildman–Crippen LogP) is 13.4. The average molecular weight is 754 g/mol. The van der Waals surface area contributed by atoms with Crippen molar-refractivity contribution in [3.05, 3.63) is 194 Å². The second kappa shape index (κ2) is 12.9. The van der Waals surface area contributed by atoms with E-state index in [1.165, 1.54) is 0 Å². The van der Waals surface area contributed by atoms with Crippen molar-refractivity contribution in [3.8, 4) is 51.3 Å². The van der Waals surface area contributed by atoms with E-state index in [9.17, 15) is 5.26 Å². The molecule has 0 fully saturated rings. The number of benzene rings is 8. The minimum absolute atomic E-state index is 0.595. The maximum Gasteiger partial charge on any atom is 0.162 e. The molecule has 4 heterocycles. The van der Waals surface area contributed by atoms with Gasteiger partial charge in [-0.25, -0.2) is 9.97 Å². The molecule has 0 saturated carbocycles. The first kappa shape index (κ1) is 32.9. The Bertz CT molecular complexity index is 3660. The number of fused-ring (bicyclic) bond motifs is 11. The summed E-state index contributed by atoms with van der Waals surface area (Å²) in [6.07, 6.45) is 0. The van der Waals surface area contributed by atoms with Gasteiger partial charge in [-0.3, -0.25) is 4.57 Å². The molecule has 0 aliphatic heterocycles. The minimum Gasteiger partial charge on any atom is -0.455 e. The number of hydrogen-bond donors (Lipinski definition) is 0. The van der Waals surface area contributed by atoms with Gasteiger partial charge < -0.3 is 8.98 Å². The number of rotatable bonds is 5. The Labute approximate surface area is 338 Å². The lowest BCUT2D eigenvalue weighted by Gasteiger charge is -2.14. The van der Waals surface area contributed by atoms with E-state index >= 15 is 0 Å². The number of nitrogens with zero attached hydrogens (tertiary/aromatic N) is 5. The van der Waals surface area contributed by atoms with Gasteiger partial charge in [0, 0.05) is 49.8 Å². The van der Waals surface area contributed by atoms with Crippen molar-refractivity contribution < 1.29 is 4.42 Å². The fourth-order valence-electron chi connectivity index (χ4n) is 8.99. The maximum absolute atomic E-state index is 9.61. The second-order valence-electron chi connectivity index (χ2n) is 14.8. The minimum atomic E-state index is 0.595. The highest BCUT2D eigenvalue weighted by atomic mass is 16.3. The van der Waals surface area contributed by atoms with Crippen LogP contribution in [0.25, 0.3) is 111 Å². The first-order chi connectivity index (χ1) is 29.2. The SMILES string of the molecule is N#Cc1ccc(-c2cc(-n3c4ccccc4c4c3ccc3c5c6oc7ccccc7c6ccc5n(-c5ccccc5)c34)nc(-c3ccccc3-c3ccccc3)n2)cc1. The number of aromatic nitrogens is 4. The third-order valence-corrected chi connectivity index (χ3v) is 11.6. The van der Waals surface area contributed by atoms with E-state index < -0.39 is 0 Å². The molecule has 6 heteroatoms. The Morgan fingerprint density at radius 3 is 1.93 bits per heavy atom. The molecule has 0 atom stereocenters. The van der Waals surface area contributed by atoms with Crippen LogP contribution in [0.2, 0.25) is 0 Å². The van der Waals surface area contributed by atoms with Crippen molar-refractivity contribution in [2.24, 2.45) is 0 Å². The number of nitriles is 1. The Morgan fingerprint density at radius 2 is 1.14 bits per heavy atom. The molecule has 0 saturated heterocycles. The molecule has 0 aliphatic rings. The lowest BCUT2D eigenvalue weighted by atomic mass is 9.99. The summed E-state index contributed by atoms with van der Waals surface area (Å²) in [4.78, 5) is 10.7. The molecule has 4 aromatic heterocycles. The predicted molar refractivity (Wildman–Crippen MR) is 239 cm³/mol. The van der Waals surface area contributed by atoms with Gasteiger partial charge in [0.1, 0.15) is 17.0 Å². The van der Waals surface area contributed by atoms with Gasteiger partial charge in [-0.1, -0.05) is 121 Å². The standard InChI is InChI=1S/C53H31N5O/c54-32-33-23-25-35(26-24-33)43-31-48(56-53(55-43)40-19-8-7-17-37(40)34-13-3-1-4-14-34)58-44-21-11-9-20-41(44)49-45(58)30-28-42-50-46(57(51(42)49)36-15-5-2-6-16-36)29-27-39-38-18-10-12-22-47(38)59-52(39)50/h1-31H. The van der Waals surface area contributed by atoms with Gasteiger partial charge >= 0.3 is 0 Å². The molecule has 0 bridgehead atoms. The van der Waals surface area contributed by atoms with Crippen LogP contribution in [-0.2, 0) is 0 Å². The number of hydrogen-bond acceptors (Lipinski definition) is 4. The molecular formula is C53H31N5O. The molecule has 0 spiro atoms. The van der Waals surface area contributed by atoms with Gasteiger partial charge in [-0.15, -0.1) is 0 Å². The summed E-state index contributed by atoms with van der Waals surface area (Å²) in [6.45, 7) is 0. The van der Waals surface area contributed by atoms with E-state index in [-0.39, 0.29) is 0 Å². The largest absolute Gasteiger partial charge is 0.455 e. The maximum atomic E-state index is 9.61. The van der Waals surface area contributed by atoms with Crippen LogP contribution in [0.4, 0.5) is 0 Å². The van der Waals surface area contributed by atoms with Crippen LogP contribution >= 0.6 is 0 Å². The van der Waals surface area contributed by atoms with Gasteiger partial charge in [0.25, 0.3) is 0 Å². The van der Waals surface area contributed by atoms with Crippen LogP contribution in [0.5, 0.6) is 0 Å². The molecule has 12 aromatic rings. The van der Waals surface area contributed by atoms with E-state index in [4.69, 9.17) is 14.4 Å². The van der Waals surface area contributed by atoms with Crippen LogP contribution in [0.3, 0.4) is 0 Å². The van der Waals surface area contributed by atoms with Gasteiger partial charge in [0.15, 0.2) is 5.82 Å². The summed E-state index contributed by atoms with van der Waals surface area (Å²) >= 11 is 0. The lowest BCUT2D eigenvalue weighted by Crippen LogP contribution is -2.03. The third-order valence-electron chi connectivity index (χ3n) is 11.6. The summed E-state index contributed by atoms with van der Waals surface area (Å²) < 4.78 is 11.4. The quantitative estimate of drug-likeness (QED) is 0.175. The first-order valence-corrected chi connectivity index (χ1v) is 19.6. The first-order valence-electron chi connectivity index (χ1n) is 19.6. The van der Waals surface area contributed by atoms with E-state index in [1.54, 1.807) is 0 Å². The van der Waals surface area contributed by atoms with E-state index in [1.807, 2.05) is 48.5 Å². The third kappa shape index (κ3) is 4.99. The Hall–Kier alpha value is -8.27. The van der Waals surface area contributed by atoms with Gasteiger partial charge in [0.2, 0.25) is 0 Å². The van der Waals surface area contributed by atoms with Crippen molar-refractivity contribution in [1.82, 2.24) is 19.1 Å². The molecule has 0 radical (unpaired) electrons. The topological polar surface area (TPSA) is 72.6 Å². The molecule has 0 unspecified atom stereocenters. The van der Waals surface area contributed by atoms with E-state index in [2.05, 4.69) is 155 Å². The van der Waals surface area contributed by atoms with Gasteiger partial charge in [-0.2, -0.15) is 5.26 Å². The Morgan fingerprint density at radius 1 is 0.475 bits per heavy atom. The van der Waals surface area contributed by atoms with E-state index in [0.29, 0.717) is 11.4 Å². The summed E-state index contributed by atoms with van der Waals surface area (Å²) in [7, 11) is 0. The highest BCUT2D eigenvalue weighted by Gasteiger charge is 2.25. The zero-order chi connectivity index (χ0) is 39.0. The highest BCUT2D eigenvalue weighted by molar-refractivity contribution is 6.31. The summed E-state index contributed by atoms with van der Waals surface area (Å²) in [5.41, 5.74) is 12.4. The molecule has 0 N–H and O–H groups in total. The second-order valence-corrected chi connectivity index (χ2v) is 14.8. The number of para-hydroxylation sites is 3. The Balaban J connectivity index is 1.20. The summed E-state index contributed by atoms with van der Waals surface area (Å²) in [6, 6.07) is 67.0. The Kier molecular flexibility index (Phi) is 7.19. The van der Waals surface area contributed by atoms with Crippen LogP contribution < -0.4 is 0 Å². The zero-order valence-corrected chi connectivity index (χ0v) is 31.5. The number of furan rings is 1. The van der Waals surface area contributed by atoms with Crippen molar-refractivity contribution in [1.29, 1.82) is 5.26 Å². The van der Waals surface area contributed by atoms with Crippen LogP contribution in [0.1, 0.15) is 5.56 Å². The van der Waals surface area contributed by atoms with Crippen molar-refractivity contribution in [2.75, 3.05) is 0 Å². The molecule has 274 valence electrons. The van der Waals surface area contributed by atoms with E-state index in [0.717, 1.165) is 105 Å². The highest BCUT2D eigenvalue weighted by Crippen LogP contribution is 2.45. The fourth-order valence-corrected chi connectivity index (χ4v) is 8.99. The molecular weight excluding hydrogens is 723 g/mol. The lowest BCUT2D eigenvalue weighted by molar-refractivity contribution is 0.673. The van der Waals surface area contributed by atoms with Crippen molar-refractivity contribution >= 4 is 65.6 Å². The van der Waals surface area contributed by atoms with Crippen molar-refractivity contribution in [2.45, 2.75) is 0 Å². The average Bonchev–Trinajstić information content (AvgIpc) is 3.97. The van der Waals surface area contributed by atoms with Crippen LogP contribution in [-0.4, -0.2) is 19.1 Å². The summed E-state index contributed by atoms with van der Waals surface area (Å²) in [5.74, 6) is 1.35.